The minimum Gasteiger partial charge on any atom is -0.342 e. The van der Waals surface area contributed by atoms with Gasteiger partial charge in [0.15, 0.2) is 0 Å². The van der Waals surface area contributed by atoms with Crippen LogP contribution in [0.3, 0.4) is 0 Å². The van der Waals surface area contributed by atoms with Crippen molar-refractivity contribution in [3.05, 3.63) is 47.0 Å². The molecule has 2 heterocycles. The average Bonchev–Trinajstić information content (AvgIpc) is 2.29. The molecule has 0 bridgehead atoms. The standard InChI is InChI=1S/C11H7F3N2S/c12-11(13,14)10-8(1-2-9(17)16-10)7-3-5-15-6-4-7/h1-6H,(H,16,17). The third-order valence-corrected chi connectivity index (χ3v) is 2.43. The largest absolute Gasteiger partial charge is 0.431 e. The van der Waals surface area contributed by atoms with E-state index in [0.29, 0.717) is 5.56 Å². The maximum atomic E-state index is 12.8. The molecule has 0 saturated carbocycles. The van der Waals surface area contributed by atoms with Gasteiger partial charge < -0.3 is 4.98 Å². The molecular weight excluding hydrogens is 249 g/mol. The number of nitrogens with one attached hydrogen (secondary N) is 1. The quantitative estimate of drug-likeness (QED) is 0.786. The van der Waals surface area contributed by atoms with Gasteiger partial charge in [-0.15, -0.1) is 0 Å². The molecule has 88 valence electrons. The van der Waals surface area contributed by atoms with E-state index in [0.717, 1.165) is 0 Å². The Morgan fingerprint density at radius 1 is 1.06 bits per heavy atom. The monoisotopic (exact) mass is 256 g/mol. The molecule has 0 saturated heterocycles. The number of rotatable bonds is 1. The van der Waals surface area contributed by atoms with Crippen LogP contribution >= 0.6 is 12.2 Å². The van der Waals surface area contributed by atoms with Gasteiger partial charge in [-0.2, -0.15) is 13.2 Å². The van der Waals surface area contributed by atoms with Crippen LogP contribution in [-0.2, 0) is 6.18 Å². The van der Waals surface area contributed by atoms with Gasteiger partial charge in [-0.3, -0.25) is 4.98 Å². The van der Waals surface area contributed by atoms with E-state index in [1.165, 1.54) is 36.7 Å². The third kappa shape index (κ3) is 2.52. The number of alkyl halides is 3. The first-order chi connectivity index (χ1) is 7.98. The molecule has 0 aliphatic heterocycles. The van der Waals surface area contributed by atoms with Crippen LogP contribution in [0.25, 0.3) is 11.1 Å². The number of pyridine rings is 2. The van der Waals surface area contributed by atoms with Crippen molar-refractivity contribution >= 4 is 12.2 Å². The number of H-pyrrole nitrogens is 1. The fraction of sp³-hybridized carbons (Fsp3) is 0.0909. The highest BCUT2D eigenvalue weighted by Gasteiger charge is 2.34. The minimum absolute atomic E-state index is 0.0510. The highest BCUT2D eigenvalue weighted by molar-refractivity contribution is 7.71. The molecule has 1 N–H and O–H groups in total. The van der Waals surface area contributed by atoms with Gasteiger partial charge in [0.25, 0.3) is 0 Å². The zero-order chi connectivity index (χ0) is 12.5. The van der Waals surface area contributed by atoms with Crippen molar-refractivity contribution in [2.24, 2.45) is 0 Å². The van der Waals surface area contributed by atoms with Gasteiger partial charge >= 0.3 is 6.18 Å². The van der Waals surface area contributed by atoms with Crippen LogP contribution in [0.1, 0.15) is 5.69 Å². The predicted molar refractivity (Wildman–Crippen MR) is 59.9 cm³/mol. The Kier molecular flexibility index (Phi) is 2.97. The molecule has 0 aromatic carbocycles. The summed E-state index contributed by atoms with van der Waals surface area (Å²) in [6.45, 7) is 0. The lowest BCUT2D eigenvalue weighted by Crippen LogP contribution is -2.10. The lowest BCUT2D eigenvalue weighted by molar-refractivity contribution is -0.140. The minimum atomic E-state index is -4.46. The predicted octanol–water partition coefficient (Wildman–Crippen LogP) is 3.82. The molecule has 6 heteroatoms. The van der Waals surface area contributed by atoms with Gasteiger partial charge in [-0.25, -0.2) is 0 Å². The Morgan fingerprint density at radius 3 is 2.29 bits per heavy atom. The van der Waals surface area contributed by atoms with Crippen LogP contribution in [0, 0.1) is 4.64 Å². The molecular formula is C11H7F3N2S. The number of aromatic amines is 1. The topological polar surface area (TPSA) is 28.7 Å². The summed E-state index contributed by atoms with van der Waals surface area (Å²) in [7, 11) is 0. The van der Waals surface area contributed by atoms with Crippen LogP contribution in [0.4, 0.5) is 13.2 Å². The SMILES string of the molecule is FC(F)(F)c1[nH]c(=S)ccc1-c1ccncc1. The van der Waals surface area contributed by atoms with E-state index in [1.54, 1.807) is 0 Å². The van der Waals surface area contributed by atoms with Crippen LogP contribution < -0.4 is 0 Å². The Hall–Kier alpha value is -1.69. The van der Waals surface area contributed by atoms with Crippen LogP contribution in [0.2, 0.25) is 0 Å². The Bertz CT molecular complexity index is 575. The molecule has 0 aliphatic carbocycles. The van der Waals surface area contributed by atoms with E-state index in [2.05, 4.69) is 9.97 Å². The number of aromatic nitrogens is 2. The molecule has 0 fully saturated rings. The van der Waals surface area contributed by atoms with Gasteiger partial charge in [0, 0.05) is 18.0 Å². The smallest absolute Gasteiger partial charge is 0.342 e. The third-order valence-electron chi connectivity index (χ3n) is 2.19. The summed E-state index contributed by atoms with van der Waals surface area (Å²) in [5.41, 5.74) is -0.330. The summed E-state index contributed by atoms with van der Waals surface area (Å²) in [6, 6.07) is 5.82. The zero-order valence-corrected chi connectivity index (χ0v) is 9.27. The molecule has 0 radical (unpaired) electrons. The van der Waals surface area contributed by atoms with E-state index in [-0.39, 0.29) is 10.2 Å². The van der Waals surface area contributed by atoms with E-state index in [4.69, 9.17) is 12.2 Å². The Morgan fingerprint density at radius 2 is 1.71 bits per heavy atom. The Labute approximate surface area is 100 Å². The summed E-state index contributed by atoms with van der Waals surface area (Å²) >= 11 is 4.71. The second-order valence-corrected chi connectivity index (χ2v) is 3.78. The first-order valence-corrected chi connectivity index (χ1v) is 5.10. The molecule has 0 aliphatic rings. The summed E-state index contributed by atoms with van der Waals surface area (Å²) in [4.78, 5) is 5.95. The van der Waals surface area contributed by atoms with Crippen molar-refractivity contribution < 1.29 is 13.2 Å². The summed E-state index contributed by atoms with van der Waals surface area (Å²) in [5.74, 6) is 0. The maximum Gasteiger partial charge on any atom is 0.431 e. The van der Waals surface area contributed by atoms with E-state index < -0.39 is 11.9 Å². The molecule has 2 nitrogen and oxygen atoms in total. The summed E-state index contributed by atoms with van der Waals surface area (Å²) < 4.78 is 38.5. The van der Waals surface area contributed by atoms with Gasteiger partial charge in [0.1, 0.15) is 10.3 Å². The zero-order valence-electron chi connectivity index (χ0n) is 8.45. The Balaban J connectivity index is 2.67. The van der Waals surface area contributed by atoms with Gasteiger partial charge in [0.2, 0.25) is 0 Å². The van der Waals surface area contributed by atoms with Crippen LogP contribution in [0.5, 0.6) is 0 Å². The summed E-state index contributed by atoms with van der Waals surface area (Å²) in [6.07, 6.45) is -1.58. The van der Waals surface area contributed by atoms with Gasteiger partial charge in [-0.1, -0.05) is 12.2 Å². The van der Waals surface area contributed by atoms with E-state index in [9.17, 15) is 13.2 Å². The van der Waals surface area contributed by atoms with Crippen LogP contribution in [-0.4, -0.2) is 9.97 Å². The first-order valence-electron chi connectivity index (χ1n) is 4.69. The average molecular weight is 256 g/mol. The summed E-state index contributed by atoms with van der Waals surface area (Å²) in [5, 5.41) is 0. The van der Waals surface area contributed by atoms with Crippen molar-refractivity contribution in [3.63, 3.8) is 0 Å². The first kappa shape index (κ1) is 11.8. The number of nitrogens with zero attached hydrogens (tertiary/aromatic N) is 1. The maximum absolute atomic E-state index is 12.8. The normalized spacial score (nSPS) is 11.5. The molecule has 0 spiro atoms. The van der Waals surface area contributed by atoms with Crippen molar-refractivity contribution in [2.45, 2.75) is 6.18 Å². The molecule has 17 heavy (non-hydrogen) atoms. The molecule has 2 rings (SSSR count). The van der Waals surface area contributed by atoms with Crippen LogP contribution in [0.15, 0.2) is 36.7 Å². The van der Waals surface area contributed by atoms with Crippen molar-refractivity contribution in [3.8, 4) is 11.1 Å². The van der Waals surface area contributed by atoms with E-state index in [1.807, 2.05) is 0 Å². The number of hydrogen-bond acceptors (Lipinski definition) is 2. The van der Waals surface area contributed by atoms with Gasteiger partial charge in [0.05, 0.1) is 0 Å². The second-order valence-electron chi connectivity index (χ2n) is 3.34. The molecule has 0 amide bonds. The second kappa shape index (κ2) is 4.29. The highest BCUT2D eigenvalue weighted by atomic mass is 32.1. The molecule has 0 atom stereocenters. The highest BCUT2D eigenvalue weighted by Crippen LogP contribution is 2.35. The number of hydrogen-bond donors (Lipinski definition) is 1. The lowest BCUT2D eigenvalue weighted by atomic mass is 10.1. The van der Waals surface area contributed by atoms with Gasteiger partial charge in [-0.05, 0) is 29.8 Å². The van der Waals surface area contributed by atoms with Crippen molar-refractivity contribution in [1.29, 1.82) is 0 Å². The fourth-order valence-corrected chi connectivity index (χ4v) is 1.64. The molecule has 2 aromatic heterocycles. The van der Waals surface area contributed by atoms with Crippen molar-refractivity contribution in [2.75, 3.05) is 0 Å². The molecule has 2 aromatic rings. The number of halogens is 3. The fourth-order valence-electron chi connectivity index (χ4n) is 1.47. The molecule has 0 unspecified atom stereocenters. The lowest BCUT2D eigenvalue weighted by Gasteiger charge is -2.12. The van der Waals surface area contributed by atoms with Crippen molar-refractivity contribution in [1.82, 2.24) is 9.97 Å². The van der Waals surface area contributed by atoms with E-state index >= 15 is 0 Å².